The summed E-state index contributed by atoms with van der Waals surface area (Å²) in [6.07, 6.45) is 1.76. The lowest BCUT2D eigenvalue weighted by Crippen LogP contribution is -2.01. The van der Waals surface area contributed by atoms with Gasteiger partial charge in [0.1, 0.15) is 5.82 Å². The van der Waals surface area contributed by atoms with Crippen LogP contribution in [0.2, 0.25) is 5.02 Å². The Kier molecular flexibility index (Phi) is 4.08. The molecule has 0 fully saturated rings. The monoisotopic (exact) mass is 364 g/mol. The molecule has 0 amide bonds. The first kappa shape index (κ1) is 14.3. The molecule has 3 aromatic rings. The quantitative estimate of drug-likeness (QED) is 0.672. The number of nitrogens with one attached hydrogen (secondary N) is 1. The van der Waals surface area contributed by atoms with Crippen molar-refractivity contribution in [3.63, 3.8) is 0 Å². The van der Waals surface area contributed by atoms with Gasteiger partial charge in [-0.3, -0.25) is 4.98 Å². The second kappa shape index (κ2) is 6.00. The highest BCUT2D eigenvalue weighted by Crippen LogP contribution is 2.26. The SMILES string of the molecule is Fc1cc(Cl)cc(NCc2ccc(Br)c3cccnc23)c1. The van der Waals surface area contributed by atoms with Gasteiger partial charge in [0, 0.05) is 33.3 Å². The topological polar surface area (TPSA) is 24.9 Å². The average Bonchev–Trinajstić information content (AvgIpc) is 2.46. The van der Waals surface area contributed by atoms with Gasteiger partial charge in [0.15, 0.2) is 0 Å². The number of halogens is 3. The Morgan fingerprint density at radius 3 is 2.86 bits per heavy atom. The van der Waals surface area contributed by atoms with Gasteiger partial charge >= 0.3 is 0 Å². The molecule has 0 bridgehead atoms. The summed E-state index contributed by atoms with van der Waals surface area (Å²) >= 11 is 9.37. The predicted octanol–water partition coefficient (Wildman–Crippen LogP) is 5.40. The van der Waals surface area contributed by atoms with Crippen LogP contribution >= 0.6 is 27.5 Å². The molecule has 5 heteroatoms. The van der Waals surface area contributed by atoms with Gasteiger partial charge in [-0.15, -0.1) is 0 Å². The van der Waals surface area contributed by atoms with E-state index in [-0.39, 0.29) is 5.82 Å². The molecule has 1 N–H and O–H groups in total. The molecule has 1 aromatic heterocycles. The highest BCUT2D eigenvalue weighted by Gasteiger charge is 2.06. The number of rotatable bonds is 3. The van der Waals surface area contributed by atoms with Crippen molar-refractivity contribution in [1.82, 2.24) is 4.98 Å². The van der Waals surface area contributed by atoms with Crippen LogP contribution in [0.4, 0.5) is 10.1 Å². The lowest BCUT2D eigenvalue weighted by Gasteiger charge is -2.10. The number of pyridine rings is 1. The minimum atomic E-state index is -0.358. The normalized spacial score (nSPS) is 10.8. The average molecular weight is 366 g/mol. The summed E-state index contributed by atoms with van der Waals surface area (Å²) in [7, 11) is 0. The molecule has 21 heavy (non-hydrogen) atoms. The van der Waals surface area contributed by atoms with Crippen LogP contribution < -0.4 is 5.32 Å². The molecule has 0 unspecified atom stereocenters. The van der Waals surface area contributed by atoms with Gasteiger partial charge in [0.05, 0.1) is 5.52 Å². The number of hydrogen-bond acceptors (Lipinski definition) is 2. The van der Waals surface area contributed by atoms with E-state index in [1.54, 1.807) is 12.3 Å². The van der Waals surface area contributed by atoms with E-state index in [1.807, 2.05) is 24.3 Å². The highest BCUT2D eigenvalue weighted by molar-refractivity contribution is 9.10. The van der Waals surface area contributed by atoms with Crippen molar-refractivity contribution in [2.45, 2.75) is 6.54 Å². The molecule has 0 aliphatic rings. The molecule has 0 saturated heterocycles. The molecule has 0 saturated carbocycles. The van der Waals surface area contributed by atoms with Gasteiger partial charge in [-0.05, 0) is 35.9 Å². The summed E-state index contributed by atoms with van der Waals surface area (Å²) in [5.41, 5.74) is 2.60. The van der Waals surface area contributed by atoms with E-state index in [0.717, 1.165) is 20.9 Å². The second-order valence-corrected chi connectivity index (χ2v) is 5.91. The maximum atomic E-state index is 13.3. The van der Waals surface area contributed by atoms with Gasteiger partial charge < -0.3 is 5.32 Å². The van der Waals surface area contributed by atoms with Gasteiger partial charge in [0.2, 0.25) is 0 Å². The zero-order chi connectivity index (χ0) is 14.8. The van der Waals surface area contributed by atoms with Gasteiger partial charge in [-0.2, -0.15) is 0 Å². The Morgan fingerprint density at radius 2 is 2.05 bits per heavy atom. The fraction of sp³-hybridized carbons (Fsp3) is 0.0625. The summed E-state index contributed by atoms with van der Waals surface area (Å²) in [5, 5.41) is 4.60. The van der Waals surface area contributed by atoms with Crippen molar-refractivity contribution in [3.8, 4) is 0 Å². The maximum Gasteiger partial charge on any atom is 0.126 e. The second-order valence-electron chi connectivity index (χ2n) is 4.62. The fourth-order valence-electron chi connectivity index (χ4n) is 2.19. The van der Waals surface area contributed by atoms with Gasteiger partial charge in [-0.25, -0.2) is 4.39 Å². The number of nitrogens with zero attached hydrogens (tertiary/aromatic N) is 1. The molecule has 0 atom stereocenters. The van der Waals surface area contributed by atoms with E-state index in [1.165, 1.54) is 12.1 Å². The highest BCUT2D eigenvalue weighted by atomic mass is 79.9. The van der Waals surface area contributed by atoms with Crippen molar-refractivity contribution in [2.24, 2.45) is 0 Å². The van der Waals surface area contributed by atoms with Crippen LogP contribution in [-0.2, 0) is 6.54 Å². The molecule has 1 heterocycles. The standard InChI is InChI=1S/C16H11BrClFN2/c17-15-4-3-10(16-14(15)2-1-5-20-16)9-21-13-7-11(18)6-12(19)8-13/h1-8,21H,9H2. The lowest BCUT2D eigenvalue weighted by molar-refractivity contribution is 0.628. The van der Waals surface area contributed by atoms with Crippen LogP contribution in [-0.4, -0.2) is 4.98 Å². The van der Waals surface area contributed by atoms with Crippen molar-refractivity contribution in [2.75, 3.05) is 5.32 Å². The zero-order valence-corrected chi connectivity index (χ0v) is 13.2. The minimum absolute atomic E-state index is 0.358. The van der Waals surface area contributed by atoms with E-state index in [2.05, 4.69) is 26.2 Å². The predicted molar refractivity (Wildman–Crippen MR) is 88.2 cm³/mol. The summed E-state index contributed by atoms with van der Waals surface area (Å²) in [4.78, 5) is 4.42. The van der Waals surface area contributed by atoms with Crippen LogP contribution in [0.25, 0.3) is 10.9 Å². The lowest BCUT2D eigenvalue weighted by atomic mass is 10.1. The van der Waals surface area contributed by atoms with Crippen molar-refractivity contribution in [3.05, 3.63) is 69.5 Å². The van der Waals surface area contributed by atoms with Gasteiger partial charge in [-0.1, -0.05) is 39.7 Å². The molecule has 2 aromatic carbocycles. The smallest absolute Gasteiger partial charge is 0.126 e. The first-order valence-electron chi connectivity index (χ1n) is 6.35. The van der Waals surface area contributed by atoms with Crippen molar-refractivity contribution in [1.29, 1.82) is 0 Å². The minimum Gasteiger partial charge on any atom is -0.381 e. The zero-order valence-electron chi connectivity index (χ0n) is 10.9. The summed E-state index contributed by atoms with van der Waals surface area (Å²) < 4.78 is 14.3. The number of aromatic nitrogens is 1. The van der Waals surface area contributed by atoms with Crippen molar-refractivity contribution < 1.29 is 4.39 Å². The summed E-state index contributed by atoms with van der Waals surface area (Å²) in [6, 6.07) is 12.3. The number of fused-ring (bicyclic) bond motifs is 1. The number of benzene rings is 2. The third-order valence-electron chi connectivity index (χ3n) is 3.15. The van der Waals surface area contributed by atoms with Crippen LogP contribution in [0, 0.1) is 5.82 Å². The Hall–Kier alpha value is -1.65. The molecular formula is C16H11BrClFN2. The Labute approximate surface area is 135 Å². The van der Waals surface area contributed by atoms with Crippen LogP contribution in [0.1, 0.15) is 5.56 Å². The van der Waals surface area contributed by atoms with E-state index in [4.69, 9.17) is 11.6 Å². The summed E-state index contributed by atoms with van der Waals surface area (Å²) in [5.74, 6) is -0.358. The molecule has 0 radical (unpaired) electrons. The molecule has 0 aliphatic heterocycles. The van der Waals surface area contributed by atoms with E-state index in [9.17, 15) is 4.39 Å². The largest absolute Gasteiger partial charge is 0.381 e. The third kappa shape index (κ3) is 3.17. The Bertz CT molecular complexity index is 787. The van der Waals surface area contributed by atoms with E-state index >= 15 is 0 Å². The fourth-order valence-corrected chi connectivity index (χ4v) is 2.87. The third-order valence-corrected chi connectivity index (χ3v) is 4.06. The van der Waals surface area contributed by atoms with E-state index < -0.39 is 0 Å². The molecule has 0 aliphatic carbocycles. The molecule has 3 rings (SSSR count). The maximum absolute atomic E-state index is 13.3. The van der Waals surface area contributed by atoms with Crippen LogP contribution in [0.5, 0.6) is 0 Å². The first-order valence-corrected chi connectivity index (χ1v) is 7.52. The molecule has 106 valence electrons. The van der Waals surface area contributed by atoms with Gasteiger partial charge in [0.25, 0.3) is 0 Å². The number of hydrogen-bond donors (Lipinski definition) is 1. The van der Waals surface area contributed by atoms with Crippen molar-refractivity contribution >= 4 is 44.1 Å². The molecular weight excluding hydrogens is 355 g/mol. The summed E-state index contributed by atoms with van der Waals surface area (Å²) in [6.45, 7) is 0.542. The number of anilines is 1. The Balaban J connectivity index is 1.90. The first-order chi connectivity index (χ1) is 10.1. The van der Waals surface area contributed by atoms with Crippen LogP contribution in [0.3, 0.4) is 0 Å². The molecule has 0 spiro atoms. The van der Waals surface area contributed by atoms with Crippen LogP contribution in [0.15, 0.2) is 53.1 Å². The Morgan fingerprint density at radius 1 is 1.19 bits per heavy atom. The van der Waals surface area contributed by atoms with E-state index in [0.29, 0.717) is 17.3 Å². The molecule has 2 nitrogen and oxygen atoms in total.